The van der Waals surface area contributed by atoms with Crippen LogP contribution in [0.2, 0.25) is 10.0 Å². The number of benzene rings is 1. The lowest BCUT2D eigenvalue weighted by molar-refractivity contribution is 0.0779. The van der Waals surface area contributed by atoms with Gasteiger partial charge in [-0.1, -0.05) is 29.3 Å². The summed E-state index contributed by atoms with van der Waals surface area (Å²) in [6.45, 7) is 0.412. The Morgan fingerprint density at radius 1 is 1.22 bits per heavy atom. The molecule has 0 atom stereocenters. The smallest absolute Gasteiger partial charge is 0.273 e. The van der Waals surface area contributed by atoms with Crippen molar-refractivity contribution in [2.24, 2.45) is 0 Å². The maximum atomic E-state index is 12.5. The first-order valence-electron chi connectivity index (χ1n) is 7.80. The van der Waals surface area contributed by atoms with E-state index in [-0.39, 0.29) is 22.5 Å². The summed E-state index contributed by atoms with van der Waals surface area (Å²) in [6, 6.07) is 8.28. The highest BCUT2D eigenvalue weighted by Crippen LogP contribution is 2.24. The third-order valence-corrected chi connectivity index (χ3v) is 5.11. The van der Waals surface area contributed by atoms with Crippen LogP contribution < -0.4 is 5.32 Å². The van der Waals surface area contributed by atoms with Gasteiger partial charge in [0.2, 0.25) is 0 Å². The van der Waals surface area contributed by atoms with Gasteiger partial charge in [0.15, 0.2) is 5.13 Å². The highest BCUT2D eigenvalue weighted by Gasteiger charge is 2.17. The normalized spacial score (nSPS) is 10.5. The van der Waals surface area contributed by atoms with E-state index >= 15 is 0 Å². The highest BCUT2D eigenvalue weighted by atomic mass is 35.5. The molecule has 0 aliphatic carbocycles. The summed E-state index contributed by atoms with van der Waals surface area (Å²) in [7, 11) is 1.68. The van der Waals surface area contributed by atoms with Crippen LogP contribution in [0.25, 0.3) is 0 Å². The van der Waals surface area contributed by atoms with Gasteiger partial charge >= 0.3 is 0 Å². The zero-order valence-electron chi connectivity index (χ0n) is 14.1. The van der Waals surface area contributed by atoms with Crippen LogP contribution in [0.4, 0.5) is 5.13 Å². The van der Waals surface area contributed by atoms with E-state index < -0.39 is 0 Å². The van der Waals surface area contributed by atoms with Crippen molar-refractivity contribution in [3.05, 3.63) is 75.0 Å². The molecule has 1 aromatic carbocycles. The van der Waals surface area contributed by atoms with Gasteiger partial charge in [0.05, 0.1) is 10.0 Å². The first-order valence-corrected chi connectivity index (χ1v) is 9.44. The molecule has 0 unspecified atom stereocenters. The Bertz CT molecular complexity index is 979. The fraction of sp³-hybridized carbons (Fsp3) is 0.111. The standard InChI is InChI=1S/C18H14Cl2N4O2S/c1-24(9-11-3-2-6-21-8-11)17(26)15-10-27-18(22-15)23-16(25)12-4-5-13(19)14(20)7-12/h2-8,10H,9H2,1H3,(H,22,23,25). The van der Waals surface area contributed by atoms with Crippen LogP contribution in [0, 0.1) is 0 Å². The number of rotatable bonds is 5. The van der Waals surface area contributed by atoms with Crippen LogP contribution >= 0.6 is 34.5 Å². The van der Waals surface area contributed by atoms with E-state index in [2.05, 4.69) is 15.3 Å². The largest absolute Gasteiger partial charge is 0.336 e. The molecule has 0 saturated carbocycles. The minimum atomic E-state index is -0.384. The molecule has 27 heavy (non-hydrogen) atoms. The van der Waals surface area contributed by atoms with Crippen LogP contribution in [0.15, 0.2) is 48.1 Å². The molecule has 0 radical (unpaired) electrons. The lowest BCUT2D eigenvalue weighted by Crippen LogP contribution is -2.26. The van der Waals surface area contributed by atoms with Gasteiger partial charge < -0.3 is 4.90 Å². The molecule has 6 nitrogen and oxygen atoms in total. The van der Waals surface area contributed by atoms with Crippen molar-refractivity contribution in [2.75, 3.05) is 12.4 Å². The topological polar surface area (TPSA) is 75.2 Å². The second-order valence-electron chi connectivity index (χ2n) is 5.64. The van der Waals surface area contributed by atoms with Crippen molar-refractivity contribution in [2.45, 2.75) is 6.54 Å². The molecule has 2 aromatic heterocycles. The molecule has 3 aromatic rings. The number of anilines is 1. The molecular weight excluding hydrogens is 407 g/mol. The summed E-state index contributed by atoms with van der Waals surface area (Å²) in [5, 5.41) is 5.24. The Balaban J connectivity index is 1.66. The van der Waals surface area contributed by atoms with Gasteiger partial charge in [0.25, 0.3) is 11.8 Å². The second kappa shape index (κ2) is 8.47. The number of carbonyl (C=O) groups excluding carboxylic acids is 2. The van der Waals surface area contributed by atoms with Crippen molar-refractivity contribution >= 4 is 51.5 Å². The van der Waals surface area contributed by atoms with Crippen LogP contribution in [-0.4, -0.2) is 33.7 Å². The quantitative estimate of drug-likeness (QED) is 0.664. The summed E-state index contributed by atoms with van der Waals surface area (Å²) >= 11 is 12.9. The third kappa shape index (κ3) is 4.82. The number of thiazole rings is 1. The van der Waals surface area contributed by atoms with Crippen molar-refractivity contribution in [3.8, 4) is 0 Å². The Morgan fingerprint density at radius 3 is 2.74 bits per heavy atom. The summed E-state index contributed by atoms with van der Waals surface area (Å²) in [5.41, 5.74) is 1.52. The molecule has 0 aliphatic rings. The Kier molecular flexibility index (Phi) is 6.05. The third-order valence-electron chi connectivity index (χ3n) is 3.61. The van der Waals surface area contributed by atoms with Crippen molar-refractivity contribution in [1.29, 1.82) is 0 Å². The molecule has 0 fully saturated rings. The van der Waals surface area contributed by atoms with E-state index in [1.54, 1.807) is 37.0 Å². The first-order chi connectivity index (χ1) is 12.9. The van der Waals surface area contributed by atoms with Crippen molar-refractivity contribution in [1.82, 2.24) is 14.9 Å². The number of amides is 2. The lowest BCUT2D eigenvalue weighted by Gasteiger charge is -2.15. The molecule has 2 amide bonds. The molecule has 0 saturated heterocycles. The molecule has 1 N–H and O–H groups in total. The van der Waals surface area contributed by atoms with Crippen LogP contribution in [0.3, 0.4) is 0 Å². The number of carbonyl (C=O) groups is 2. The van der Waals surface area contributed by atoms with Crippen LogP contribution in [-0.2, 0) is 6.54 Å². The van der Waals surface area contributed by atoms with Gasteiger partial charge in [-0.15, -0.1) is 11.3 Å². The second-order valence-corrected chi connectivity index (χ2v) is 7.32. The van der Waals surface area contributed by atoms with Crippen LogP contribution in [0.5, 0.6) is 0 Å². The van der Waals surface area contributed by atoms with Gasteiger partial charge in [-0.25, -0.2) is 4.98 Å². The number of nitrogens with zero attached hydrogens (tertiary/aromatic N) is 3. The predicted molar refractivity (Wildman–Crippen MR) is 107 cm³/mol. The average Bonchev–Trinajstić information content (AvgIpc) is 3.12. The maximum absolute atomic E-state index is 12.5. The van der Waals surface area contributed by atoms with Gasteiger partial charge in [0.1, 0.15) is 5.69 Å². The molecule has 0 spiro atoms. The molecule has 9 heteroatoms. The lowest BCUT2D eigenvalue weighted by atomic mass is 10.2. The van der Waals surface area contributed by atoms with E-state index in [1.807, 2.05) is 12.1 Å². The SMILES string of the molecule is CN(Cc1cccnc1)C(=O)c1csc(NC(=O)c2ccc(Cl)c(Cl)c2)n1. The van der Waals surface area contributed by atoms with E-state index in [0.29, 0.717) is 22.3 Å². The molecule has 0 aliphatic heterocycles. The van der Waals surface area contributed by atoms with Crippen molar-refractivity contribution in [3.63, 3.8) is 0 Å². The van der Waals surface area contributed by atoms with Crippen LogP contribution in [0.1, 0.15) is 26.4 Å². The first kappa shape index (κ1) is 19.3. The molecule has 3 rings (SSSR count). The molecule has 2 heterocycles. The van der Waals surface area contributed by atoms with Gasteiger partial charge in [-0.05, 0) is 29.8 Å². The van der Waals surface area contributed by atoms with Gasteiger partial charge in [-0.2, -0.15) is 0 Å². The molecule has 138 valence electrons. The predicted octanol–water partition coefficient (Wildman–Crippen LogP) is 4.37. The summed E-state index contributed by atoms with van der Waals surface area (Å²) in [4.78, 5) is 34.6. The van der Waals surface area contributed by atoms with Crippen molar-refractivity contribution < 1.29 is 9.59 Å². The Hall–Kier alpha value is -2.48. The number of hydrogen-bond acceptors (Lipinski definition) is 5. The summed E-state index contributed by atoms with van der Waals surface area (Å²) in [5.74, 6) is -0.629. The number of pyridine rings is 1. The number of halogens is 2. The highest BCUT2D eigenvalue weighted by molar-refractivity contribution is 7.14. The Labute approximate surface area is 169 Å². The zero-order valence-corrected chi connectivity index (χ0v) is 16.5. The molecule has 0 bridgehead atoms. The molecular formula is C18H14Cl2N4O2S. The van der Waals surface area contributed by atoms with Gasteiger partial charge in [0, 0.05) is 36.9 Å². The number of hydrogen-bond donors (Lipinski definition) is 1. The number of nitrogens with one attached hydrogen (secondary N) is 1. The summed E-state index contributed by atoms with van der Waals surface area (Å²) < 4.78 is 0. The average molecular weight is 421 g/mol. The zero-order chi connectivity index (χ0) is 19.4. The minimum absolute atomic E-state index is 0.245. The van der Waals surface area contributed by atoms with E-state index in [0.717, 1.165) is 5.56 Å². The minimum Gasteiger partial charge on any atom is -0.336 e. The fourth-order valence-electron chi connectivity index (χ4n) is 2.27. The maximum Gasteiger partial charge on any atom is 0.273 e. The summed E-state index contributed by atoms with van der Waals surface area (Å²) in [6.07, 6.45) is 3.38. The van der Waals surface area contributed by atoms with Gasteiger partial charge in [-0.3, -0.25) is 19.9 Å². The Morgan fingerprint density at radius 2 is 2.04 bits per heavy atom. The fourth-order valence-corrected chi connectivity index (χ4v) is 3.25. The van der Waals surface area contributed by atoms with E-state index in [1.165, 1.54) is 22.3 Å². The monoisotopic (exact) mass is 420 g/mol. The van der Waals surface area contributed by atoms with E-state index in [4.69, 9.17) is 23.2 Å². The van der Waals surface area contributed by atoms with E-state index in [9.17, 15) is 9.59 Å². The number of aromatic nitrogens is 2.